The predicted molar refractivity (Wildman–Crippen MR) is 98.7 cm³/mol. The van der Waals surface area contributed by atoms with Crippen molar-refractivity contribution in [1.29, 1.82) is 0 Å². The number of nitrogens with one attached hydrogen (secondary N) is 2. The fourth-order valence-electron chi connectivity index (χ4n) is 2.44. The van der Waals surface area contributed by atoms with Crippen LogP contribution in [0.15, 0.2) is 54.6 Å². The molecule has 0 aliphatic rings. The zero-order chi connectivity index (χ0) is 18.2. The quantitative estimate of drug-likeness (QED) is 0.723. The van der Waals surface area contributed by atoms with Gasteiger partial charge in [-0.05, 0) is 29.2 Å². The first kappa shape index (κ1) is 18.7. The lowest BCUT2D eigenvalue weighted by molar-refractivity contribution is -0.124. The van der Waals surface area contributed by atoms with E-state index in [1.807, 2.05) is 44.2 Å². The molecule has 2 aromatic rings. The number of carbonyl (C=O) groups is 2. The van der Waals surface area contributed by atoms with Gasteiger partial charge in [-0.15, -0.1) is 0 Å². The Morgan fingerprint density at radius 2 is 1.56 bits per heavy atom. The molecular weight excluding hydrogens is 314 g/mol. The van der Waals surface area contributed by atoms with Crippen molar-refractivity contribution in [1.82, 2.24) is 10.6 Å². The van der Waals surface area contributed by atoms with Crippen LogP contribution < -0.4 is 16.4 Å². The third-order valence-electron chi connectivity index (χ3n) is 4.00. The van der Waals surface area contributed by atoms with E-state index in [9.17, 15) is 9.59 Å². The van der Waals surface area contributed by atoms with E-state index in [0.29, 0.717) is 18.7 Å². The van der Waals surface area contributed by atoms with Crippen molar-refractivity contribution in [2.24, 2.45) is 11.7 Å². The van der Waals surface area contributed by atoms with E-state index in [1.165, 1.54) is 0 Å². The number of carbonyl (C=O) groups excluding carboxylic acids is 2. The molecule has 5 heteroatoms. The van der Waals surface area contributed by atoms with Crippen LogP contribution >= 0.6 is 0 Å². The lowest BCUT2D eigenvalue weighted by atomic mass is 10.0. The smallest absolute Gasteiger partial charge is 0.251 e. The van der Waals surface area contributed by atoms with Crippen LogP contribution in [0, 0.1) is 5.92 Å². The van der Waals surface area contributed by atoms with Gasteiger partial charge in [0.1, 0.15) is 6.04 Å². The number of hydrogen-bond acceptors (Lipinski definition) is 3. The summed E-state index contributed by atoms with van der Waals surface area (Å²) < 4.78 is 0. The van der Waals surface area contributed by atoms with E-state index in [2.05, 4.69) is 10.6 Å². The highest BCUT2D eigenvalue weighted by molar-refractivity contribution is 5.97. The largest absolute Gasteiger partial charge is 0.350 e. The lowest BCUT2D eigenvalue weighted by Gasteiger charge is -2.22. The highest BCUT2D eigenvalue weighted by Crippen LogP contribution is 2.07. The fraction of sp³-hybridized carbons (Fsp3) is 0.300. The van der Waals surface area contributed by atoms with Crippen molar-refractivity contribution in [2.75, 3.05) is 0 Å². The summed E-state index contributed by atoms with van der Waals surface area (Å²) in [5, 5.41) is 5.71. The second kappa shape index (κ2) is 8.99. The van der Waals surface area contributed by atoms with E-state index >= 15 is 0 Å². The number of nitrogens with two attached hydrogens (primary N) is 1. The molecule has 0 saturated carbocycles. The zero-order valence-corrected chi connectivity index (χ0v) is 14.7. The Morgan fingerprint density at radius 3 is 2.12 bits per heavy atom. The molecule has 0 aromatic heterocycles. The van der Waals surface area contributed by atoms with Crippen molar-refractivity contribution in [2.45, 2.75) is 33.0 Å². The van der Waals surface area contributed by atoms with Gasteiger partial charge < -0.3 is 16.4 Å². The van der Waals surface area contributed by atoms with E-state index in [0.717, 1.165) is 11.1 Å². The third-order valence-corrected chi connectivity index (χ3v) is 4.00. The van der Waals surface area contributed by atoms with Crippen LogP contribution in [0.25, 0.3) is 0 Å². The average Bonchev–Trinajstić information content (AvgIpc) is 2.64. The van der Waals surface area contributed by atoms with Crippen LogP contribution in [0.5, 0.6) is 0 Å². The molecular formula is C20H25N3O2. The summed E-state index contributed by atoms with van der Waals surface area (Å²) in [6.45, 7) is 4.72. The SMILES string of the molecule is CC(C)[C@H](NC(=O)c1ccccc1)C(=O)NCc1ccc(CN)cc1. The molecule has 132 valence electrons. The van der Waals surface area contributed by atoms with Gasteiger partial charge in [0.2, 0.25) is 5.91 Å². The minimum absolute atomic E-state index is 0.0210. The molecule has 1 atom stereocenters. The highest BCUT2D eigenvalue weighted by Gasteiger charge is 2.24. The van der Waals surface area contributed by atoms with Crippen molar-refractivity contribution >= 4 is 11.8 Å². The van der Waals surface area contributed by atoms with E-state index < -0.39 is 6.04 Å². The molecule has 4 N–H and O–H groups in total. The van der Waals surface area contributed by atoms with Crippen molar-refractivity contribution < 1.29 is 9.59 Å². The van der Waals surface area contributed by atoms with Gasteiger partial charge in [0.05, 0.1) is 0 Å². The summed E-state index contributed by atoms with van der Waals surface area (Å²) in [5.41, 5.74) is 8.15. The molecule has 2 rings (SSSR count). The van der Waals surface area contributed by atoms with E-state index in [-0.39, 0.29) is 17.7 Å². The Morgan fingerprint density at radius 1 is 0.960 bits per heavy atom. The fourth-order valence-corrected chi connectivity index (χ4v) is 2.44. The molecule has 5 nitrogen and oxygen atoms in total. The first-order valence-electron chi connectivity index (χ1n) is 8.42. The molecule has 25 heavy (non-hydrogen) atoms. The van der Waals surface area contributed by atoms with Crippen LogP contribution in [-0.4, -0.2) is 17.9 Å². The maximum atomic E-state index is 12.5. The third kappa shape index (κ3) is 5.43. The summed E-state index contributed by atoms with van der Waals surface area (Å²) >= 11 is 0. The molecule has 0 aliphatic heterocycles. The Kier molecular flexibility index (Phi) is 6.71. The van der Waals surface area contributed by atoms with Gasteiger partial charge in [-0.2, -0.15) is 0 Å². The number of rotatable bonds is 7. The Balaban J connectivity index is 1.96. The first-order chi connectivity index (χ1) is 12.0. The van der Waals surface area contributed by atoms with Gasteiger partial charge in [0.25, 0.3) is 5.91 Å². The Hall–Kier alpha value is -2.66. The molecule has 0 saturated heterocycles. The summed E-state index contributed by atoms with van der Waals surface area (Å²) in [4.78, 5) is 24.8. The molecule has 0 aliphatic carbocycles. The minimum Gasteiger partial charge on any atom is -0.350 e. The van der Waals surface area contributed by atoms with Crippen molar-refractivity contribution in [3.05, 3.63) is 71.3 Å². The van der Waals surface area contributed by atoms with Gasteiger partial charge in [-0.1, -0.05) is 56.3 Å². The van der Waals surface area contributed by atoms with Crippen LogP contribution in [0.3, 0.4) is 0 Å². The van der Waals surface area contributed by atoms with Crippen molar-refractivity contribution in [3.8, 4) is 0 Å². The molecule has 0 radical (unpaired) electrons. The van der Waals surface area contributed by atoms with Crippen LogP contribution in [-0.2, 0) is 17.9 Å². The maximum absolute atomic E-state index is 12.5. The van der Waals surface area contributed by atoms with Gasteiger partial charge in [0, 0.05) is 18.7 Å². The van der Waals surface area contributed by atoms with Gasteiger partial charge >= 0.3 is 0 Å². The molecule has 0 unspecified atom stereocenters. The van der Waals surface area contributed by atoms with Gasteiger partial charge in [0.15, 0.2) is 0 Å². The normalized spacial score (nSPS) is 11.8. The molecule has 2 amide bonds. The number of amides is 2. The lowest BCUT2D eigenvalue weighted by Crippen LogP contribution is -2.49. The van der Waals surface area contributed by atoms with E-state index in [4.69, 9.17) is 5.73 Å². The minimum atomic E-state index is -0.587. The molecule has 2 aromatic carbocycles. The monoisotopic (exact) mass is 339 g/mol. The van der Waals surface area contributed by atoms with Crippen molar-refractivity contribution in [3.63, 3.8) is 0 Å². The summed E-state index contributed by atoms with van der Waals surface area (Å²) in [6.07, 6.45) is 0. The number of hydrogen-bond donors (Lipinski definition) is 3. The summed E-state index contributed by atoms with van der Waals surface area (Å²) in [6, 6.07) is 16.1. The molecule has 0 heterocycles. The van der Waals surface area contributed by atoms with Gasteiger partial charge in [-0.3, -0.25) is 9.59 Å². The Bertz CT molecular complexity index is 697. The highest BCUT2D eigenvalue weighted by atomic mass is 16.2. The second-order valence-electron chi connectivity index (χ2n) is 6.30. The second-order valence-corrected chi connectivity index (χ2v) is 6.30. The summed E-state index contributed by atoms with van der Waals surface area (Å²) in [7, 11) is 0. The van der Waals surface area contributed by atoms with E-state index in [1.54, 1.807) is 24.3 Å². The molecule has 0 spiro atoms. The molecule has 0 fully saturated rings. The van der Waals surface area contributed by atoms with Crippen LogP contribution in [0.2, 0.25) is 0 Å². The summed E-state index contributed by atoms with van der Waals surface area (Å²) in [5.74, 6) is -0.462. The van der Waals surface area contributed by atoms with Crippen LogP contribution in [0.1, 0.15) is 35.3 Å². The Labute approximate surface area is 148 Å². The first-order valence-corrected chi connectivity index (χ1v) is 8.42. The molecule has 0 bridgehead atoms. The topological polar surface area (TPSA) is 84.2 Å². The number of benzene rings is 2. The average molecular weight is 339 g/mol. The van der Waals surface area contributed by atoms with Gasteiger partial charge in [-0.25, -0.2) is 0 Å². The van der Waals surface area contributed by atoms with Crippen LogP contribution in [0.4, 0.5) is 0 Å². The predicted octanol–water partition coefficient (Wildman–Crippen LogP) is 2.22. The zero-order valence-electron chi connectivity index (χ0n) is 14.7. The standard InChI is InChI=1S/C20H25N3O2/c1-14(2)18(23-19(24)17-6-4-3-5-7-17)20(25)22-13-16-10-8-15(12-21)9-11-16/h3-11,14,18H,12-13,21H2,1-2H3,(H,22,25)(H,23,24)/t18-/m0/s1. The maximum Gasteiger partial charge on any atom is 0.251 e.